The number of nitrogens with one attached hydrogen (secondary N) is 1. The van der Waals surface area contributed by atoms with E-state index >= 15 is 0 Å². The summed E-state index contributed by atoms with van der Waals surface area (Å²) >= 11 is 0. The Morgan fingerprint density at radius 2 is 1.94 bits per heavy atom. The van der Waals surface area contributed by atoms with Gasteiger partial charge in [0.05, 0.1) is 30.5 Å². The number of benzene rings is 1. The maximum Gasteiger partial charge on any atom is 0.213 e. The first kappa shape index (κ1) is 22.2. The summed E-state index contributed by atoms with van der Waals surface area (Å²) in [6, 6.07) is 5.72. The van der Waals surface area contributed by atoms with E-state index in [0.717, 1.165) is 22.1 Å². The molecular weight excluding hydrogens is 414 g/mol. The summed E-state index contributed by atoms with van der Waals surface area (Å²) in [6.45, 7) is 3.90. The maximum absolute atomic E-state index is 10.3. The number of aromatic amines is 1. The predicted octanol–water partition coefficient (Wildman–Crippen LogP) is 0.526. The van der Waals surface area contributed by atoms with Crippen LogP contribution in [-0.4, -0.2) is 79.3 Å². The van der Waals surface area contributed by atoms with Crippen molar-refractivity contribution in [3.63, 3.8) is 0 Å². The minimum atomic E-state index is -1.48. The molecule has 32 heavy (non-hydrogen) atoms. The van der Waals surface area contributed by atoms with Gasteiger partial charge in [-0.05, 0) is 37.1 Å². The van der Waals surface area contributed by atoms with Crippen LogP contribution in [0.5, 0.6) is 5.88 Å². The van der Waals surface area contributed by atoms with Gasteiger partial charge in [-0.2, -0.15) is 5.10 Å². The van der Waals surface area contributed by atoms with Crippen molar-refractivity contribution in [3.05, 3.63) is 41.7 Å². The van der Waals surface area contributed by atoms with Crippen molar-refractivity contribution < 1.29 is 29.9 Å². The van der Waals surface area contributed by atoms with E-state index in [2.05, 4.69) is 27.0 Å². The Morgan fingerprint density at radius 1 is 1.12 bits per heavy atom. The number of hydrogen-bond acceptors (Lipinski definition) is 8. The molecule has 0 spiro atoms. The Balaban J connectivity index is 1.71. The SMILES string of the molecule is CCOc1cc(C)c(-c2cc(C#C[C@H]3O[C@H](CO)[C@@H](O)[C@H](O)[C@@H]3O)c3[nH]ncc3c2)cn1. The number of pyridine rings is 1. The molecule has 1 aromatic carbocycles. The minimum absolute atomic E-state index is 0.507. The van der Waals surface area contributed by atoms with Crippen LogP contribution >= 0.6 is 0 Å². The van der Waals surface area contributed by atoms with Crippen LogP contribution in [0.3, 0.4) is 0 Å². The number of hydrogen-bond donors (Lipinski definition) is 5. The highest BCUT2D eigenvalue weighted by Crippen LogP contribution is 2.30. The molecule has 1 aliphatic heterocycles. The molecule has 9 nitrogen and oxygen atoms in total. The van der Waals surface area contributed by atoms with Crippen LogP contribution in [0, 0.1) is 18.8 Å². The topological polar surface area (TPSA) is 141 Å². The molecule has 9 heteroatoms. The summed E-state index contributed by atoms with van der Waals surface area (Å²) in [6.07, 6.45) is -2.98. The van der Waals surface area contributed by atoms with E-state index in [-0.39, 0.29) is 0 Å². The van der Waals surface area contributed by atoms with Gasteiger partial charge in [0.15, 0.2) is 0 Å². The van der Waals surface area contributed by atoms with Crippen LogP contribution in [0.15, 0.2) is 30.6 Å². The molecule has 4 rings (SSSR count). The number of aliphatic hydroxyl groups excluding tert-OH is 4. The smallest absolute Gasteiger partial charge is 0.213 e. The first-order valence-corrected chi connectivity index (χ1v) is 10.3. The van der Waals surface area contributed by atoms with Crippen LogP contribution in [0.2, 0.25) is 0 Å². The maximum atomic E-state index is 10.3. The first-order valence-electron chi connectivity index (χ1n) is 10.3. The number of aryl methyl sites for hydroxylation is 1. The van der Waals surface area contributed by atoms with Crippen molar-refractivity contribution in [2.24, 2.45) is 0 Å². The molecule has 0 aliphatic carbocycles. The average molecular weight is 439 g/mol. The molecule has 0 radical (unpaired) electrons. The van der Waals surface area contributed by atoms with Crippen molar-refractivity contribution in [2.45, 2.75) is 44.4 Å². The molecule has 0 saturated carbocycles. The third kappa shape index (κ3) is 4.19. The highest BCUT2D eigenvalue weighted by molar-refractivity contribution is 5.89. The normalized spacial score (nSPS) is 25.4. The molecule has 0 bridgehead atoms. The molecular formula is C23H25N3O6. The van der Waals surface area contributed by atoms with Crippen molar-refractivity contribution in [3.8, 4) is 28.8 Å². The van der Waals surface area contributed by atoms with Gasteiger partial charge in [0.1, 0.15) is 30.5 Å². The fourth-order valence-electron chi connectivity index (χ4n) is 3.74. The zero-order valence-corrected chi connectivity index (χ0v) is 17.7. The first-order chi connectivity index (χ1) is 15.4. The molecule has 1 fully saturated rings. The van der Waals surface area contributed by atoms with E-state index in [1.807, 2.05) is 32.0 Å². The van der Waals surface area contributed by atoms with Gasteiger partial charge < -0.3 is 29.9 Å². The summed E-state index contributed by atoms with van der Waals surface area (Å²) < 4.78 is 10.9. The summed E-state index contributed by atoms with van der Waals surface area (Å²) in [4.78, 5) is 4.36. The fraction of sp³-hybridized carbons (Fsp3) is 0.391. The van der Waals surface area contributed by atoms with Crippen LogP contribution in [0.1, 0.15) is 18.1 Å². The van der Waals surface area contributed by atoms with Gasteiger partial charge in [-0.15, -0.1) is 0 Å². The van der Waals surface area contributed by atoms with E-state index in [1.165, 1.54) is 0 Å². The number of aromatic nitrogens is 3. The lowest BCUT2D eigenvalue weighted by atomic mass is 9.95. The van der Waals surface area contributed by atoms with Crippen LogP contribution in [0.4, 0.5) is 0 Å². The fourth-order valence-corrected chi connectivity index (χ4v) is 3.74. The van der Waals surface area contributed by atoms with E-state index < -0.39 is 37.1 Å². The zero-order valence-electron chi connectivity index (χ0n) is 17.7. The van der Waals surface area contributed by atoms with Gasteiger partial charge in [-0.3, -0.25) is 5.10 Å². The number of H-pyrrole nitrogens is 1. The molecule has 1 saturated heterocycles. The van der Waals surface area contributed by atoms with Crippen molar-refractivity contribution in [1.82, 2.24) is 15.2 Å². The third-order valence-electron chi connectivity index (χ3n) is 5.48. The Labute approximate surface area is 184 Å². The van der Waals surface area contributed by atoms with Gasteiger partial charge >= 0.3 is 0 Å². The minimum Gasteiger partial charge on any atom is -0.478 e. The summed E-state index contributed by atoms with van der Waals surface area (Å²) in [5.41, 5.74) is 4.10. The third-order valence-corrected chi connectivity index (χ3v) is 5.48. The predicted molar refractivity (Wildman–Crippen MR) is 116 cm³/mol. The highest BCUT2D eigenvalue weighted by Gasteiger charge is 2.42. The molecule has 168 valence electrons. The number of rotatable bonds is 4. The Bertz CT molecular complexity index is 1170. The molecule has 2 aromatic heterocycles. The molecule has 0 unspecified atom stereocenters. The largest absolute Gasteiger partial charge is 0.478 e. The summed E-state index contributed by atoms with van der Waals surface area (Å²) in [5, 5.41) is 47.4. The summed E-state index contributed by atoms with van der Waals surface area (Å²) in [7, 11) is 0. The highest BCUT2D eigenvalue weighted by atomic mass is 16.5. The van der Waals surface area contributed by atoms with E-state index in [1.54, 1.807) is 12.4 Å². The number of nitrogens with zero attached hydrogens (tertiary/aromatic N) is 2. The quantitative estimate of drug-likeness (QED) is 0.371. The van der Waals surface area contributed by atoms with Gasteiger partial charge in [-0.1, -0.05) is 11.8 Å². The average Bonchev–Trinajstić information content (AvgIpc) is 3.26. The second kappa shape index (κ2) is 9.24. The lowest BCUT2D eigenvalue weighted by Gasteiger charge is -2.37. The monoisotopic (exact) mass is 439 g/mol. The second-order valence-electron chi connectivity index (χ2n) is 7.65. The Hall–Kier alpha value is -3.00. The summed E-state index contributed by atoms with van der Waals surface area (Å²) in [5.74, 6) is 6.36. The molecule has 0 amide bonds. The van der Waals surface area contributed by atoms with Gasteiger partial charge in [0.25, 0.3) is 0 Å². The standard InChI is InChI=1S/C23H25N3O6/c1-3-31-19-6-12(2)16(10-24-19)14-7-13(20-15(8-14)9-25-26-20)4-5-17-21(28)23(30)22(29)18(11-27)32-17/h6-10,17-18,21-23,27-30H,3,11H2,1-2H3,(H,25,26)/t17-,18-,21-,22-,23-/m1/s1. The van der Waals surface area contributed by atoms with Crippen LogP contribution in [0.25, 0.3) is 22.0 Å². The molecule has 3 aromatic rings. The molecule has 3 heterocycles. The van der Waals surface area contributed by atoms with Gasteiger partial charge in [0, 0.05) is 23.2 Å². The number of fused-ring (bicyclic) bond motifs is 1. The van der Waals surface area contributed by atoms with Crippen molar-refractivity contribution in [2.75, 3.05) is 13.2 Å². The van der Waals surface area contributed by atoms with Crippen LogP contribution in [-0.2, 0) is 4.74 Å². The van der Waals surface area contributed by atoms with E-state index in [9.17, 15) is 20.4 Å². The number of ether oxygens (including phenoxy) is 2. The number of aliphatic hydroxyl groups is 4. The lowest BCUT2D eigenvalue weighted by Crippen LogP contribution is -2.58. The Morgan fingerprint density at radius 3 is 2.66 bits per heavy atom. The van der Waals surface area contributed by atoms with Crippen molar-refractivity contribution >= 4 is 10.9 Å². The van der Waals surface area contributed by atoms with Gasteiger partial charge in [-0.25, -0.2) is 4.98 Å². The molecule has 5 atom stereocenters. The Kier molecular flexibility index (Phi) is 6.41. The molecule has 5 N–H and O–H groups in total. The second-order valence-corrected chi connectivity index (χ2v) is 7.65. The zero-order chi connectivity index (χ0) is 22.8. The molecule has 1 aliphatic rings. The van der Waals surface area contributed by atoms with Crippen LogP contribution < -0.4 is 4.74 Å². The van der Waals surface area contributed by atoms with Gasteiger partial charge in [0.2, 0.25) is 5.88 Å². The van der Waals surface area contributed by atoms with E-state index in [0.29, 0.717) is 23.6 Å². The lowest BCUT2D eigenvalue weighted by molar-refractivity contribution is -0.214. The van der Waals surface area contributed by atoms with Crippen molar-refractivity contribution in [1.29, 1.82) is 0 Å². The van der Waals surface area contributed by atoms with E-state index in [4.69, 9.17) is 9.47 Å².